The predicted octanol–water partition coefficient (Wildman–Crippen LogP) is -0.372. The van der Waals surface area contributed by atoms with Crippen LogP contribution in [0.2, 0.25) is 0 Å². The van der Waals surface area contributed by atoms with E-state index in [0.717, 1.165) is 26.1 Å². The van der Waals surface area contributed by atoms with Gasteiger partial charge < -0.3 is 10.0 Å². The van der Waals surface area contributed by atoms with Gasteiger partial charge in [-0.1, -0.05) is 0 Å². The summed E-state index contributed by atoms with van der Waals surface area (Å²) in [7, 11) is -3.07. The van der Waals surface area contributed by atoms with Crippen molar-refractivity contribution in [2.24, 2.45) is 5.92 Å². The lowest BCUT2D eigenvalue weighted by Gasteiger charge is -2.17. The highest BCUT2D eigenvalue weighted by molar-refractivity contribution is 7.89. The lowest BCUT2D eigenvalue weighted by molar-refractivity contribution is 0.128. The first-order valence-electron chi connectivity index (χ1n) is 5.82. The van der Waals surface area contributed by atoms with Gasteiger partial charge in [0.1, 0.15) is 0 Å². The van der Waals surface area contributed by atoms with Gasteiger partial charge in [-0.05, 0) is 32.7 Å². The molecule has 0 aromatic rings. The molecule has 1 aliphatic heterocycles. The molecule has 0 saturated carbocycles. The zero-order chi connectivity index (χ0) is 12.2. The molecule has 1 aliphatic rings. The molecule has 96 valence electrons. The van der Waals surface area contributed by atoms with Crippen molar-refractivity contribution in [2.75, 3.05) is 31.9 Å². The zero-order valence-corrected chi connectivity index (χ0v) is 10.8. The maximum absolute atomic E-state index is 11.2. The van der Waals surface area contributed by atoms with Gasteiger partial charge in [0.25, 0.3) is 0 Å². The van der Waals surface area contributed by atoms with Gasteiger partial charge >= 0.3 is 0 Å². The van der Waals surface area contributed by atoms with Crippen LogP contribution in [0.25, 0.3) is 0 Å². The summed E-state index contributed by atoms with van der Waals surface area (Å²) in [4.78, 5) is 2.19. The van der Waals surface area contributed by atoms with E-state index in [2.05, 4.69) is 9.62 Å². The third-order valence-electron chi connectivity index (χ3n) is 3.12. The first-order chi connectivity index (χ1) is 7.44. The summed E-state index contributed by atoms with van der Waals surface area (Å²) < 4.78 is 24.9. The Morgan fingerprint density at radius 1 is 1.56 bits per heavy atom. The van der Waals surface area contributed by atoms with Crippen molar-refractivity contribution in [2.45, 2.75) is 26.4 Å². The summed E-state index contributed by atoms with van der Waals surface area (Å²) in [6.07, 6.45) is 0.732. The van der Waals surface area contributed by atoms with Crippen LogP contribution >= 0.6 is 0 Å². The average molecular weight is 250 g/mol. The maximum Gasteiger partial charge on any atom is 0.211 e. The number of nitrogens with zero attached hydrogens (tertiary/aromatic N) is 1. The second-order valence-electron chi connectivity index (χ2n) is 4.39. The van der Waals surface area contributed by atoms with Crippen molar-refractivity contribution in [1.82, 2.24) is 9.62 Å². The van der Waals surface area contributed by atoms with Crippen LogP contribution in [-0.2, 0) is 10.0 Å². The van der Waals surface area contributed by atoms with Crippen LogP contribution in [0.3, 0.4) is 0 Å². The van der Waals surface area contributed by atoms with Crippen LogP contribution in [0.5, 0.6) is 0 Å². The summed E-state index contributed by atoms with van der Waals surface area (Å²) in [5.74, 6) is 0.464. The molecule has 1 fully saturated rings. The van der Waals surface area contributed by atoms with E-state index in [0.29, 0.717) is 12.5 Å². The molecule has 2 unspecified atom stereocenters. The van der Waals surface area contributed by atoms with E-state index in [1.54, 1.807) is 6.92 Å². The van der Waals surface area contributed by atoms with Crippen LogP contribution < -0.4 is 4.72 Å². The molecule has 6 heteroatoms. The Bertz CT molecular complexity index is 303. The standard InChI is InChI=1S/C10H22N2O3S/c1-3-16(14,15)11-5-7-12-6-4-10(8-12)9(2)13/h9-11,13H,3-8H2,1-2H3. The van der Waals surface area contributed by atoms with E-state index < -0.39 is 10.0 Å². The summed E-state index contributed by atoms with van der Waals surface area (Å²) in [5.41, 5.74) is 0. The number of rotatable bonds is 6. The van der Waals surface area contributed by atoms with Crippen LogP contribution in [0.4, 0.5) is 0 Å². The first-order valence-corrected chi connectivity index (χ1v) is 7.47. The predicted molar refractivity (Wildman–Crippen MR) is 63.7 cm³/mol. The zero-order valence-electron chi connectivity index (χ0n) is 10.0. The third-order valence-corrected chi connectivity index (χ3v) is 4.53. The fourth-order valence-electron chi connectivity index (χ4n) is 1.92. The molecule has 1 heterocycles. The normalized spacial score (nSPS) is 24.8. The molecule has 0 aromatic carbocycles. The van der Waals surface area contributed by atoms with Gasteiger partial charge in [0.15, 0.2) is 0 Å². The monoisotopic (exact) mass is 250 g/mol. The Morgan fingerprint density at radius 3 is 2.75 bits per heavy atom. The molecule has 0 bridgehead atoms. The number of sulfonamides is 1. The number of likely N-dealkylation sites (tertiary alicyclic amines) is 1. The van der Waals surface area contributed by atoms with Crippen LogP contribution in [-0.4, -0.2) is 56.5 Å². The fraction of sp³-hybridized carbons (Fsp3) is 1.00. The number of nitrogens with one attached hydrogen (secondary N) is 1. The van der Waals surface area contributed by atoms with E-state index in [4.69, 9.17) is 0 Å². The Balaban J connectivity index is 2.21. The van der Waals surface area contributed by atoms with E-state index in [1.165, 1.54) is 0 Å². The van der Waals surface area contributed by atoms with Crippen LogP contribution in [0.1, 0.15) is 20.3 Å². The van der Waals surface area contributed by atoms with Gasteiger partial charge in [0.05, 0.1) is 11.9 Å². The van der Waals surface area contributed by atoms with E-state index >= 15 is 0 Å². The molecular formula is C10H22N2O3S. The molecule has 2 N–H and O–H groups in total. The second-order valence-corrected chi connectivity index (χ2v) is 6.48. The van der Waals surface area contributed by atoms with Crippen LogP contribution in [0.15, 0.2) is 0 Å². The SMILES string of the molecule is CCS(=O)(=O)NCCN1CCC(C(C)O)C1. The van der Waals surface area contributed by atoms with Crippen LogP contribution in [0, 0.1) is 5.92 Å². The molecule has 0 spiro atoms. The minimum absolute atomic E-state index is 0.128. The molecule has 16 heavy (non-hydrogen) atoms. The lowest BCUT2D eigenvalue weighted by atomic mass is 10.0. The first kappa shape index (κ1) is 13.9. The molecule has 5 nitrogen and oxygen atoms in total. The van der Waals surface area contributed by atoms with Crippen molar-refractivity contribution in [3.63, 3.8) is 0 Å². The highest BCUT2D eigenvalue weighted by Crippen LogP contribution is 2.18. The van der Waals surface area contributed by atoms with Gasteiger partial charge in [0.2, 0.25) is 10.0 Å². The Labute approximate surface area is 97.9 Å². The molecule has 0 aromatic heterocycles. The molecule has 0 amide bonds. The Morgan fingerprint density at radius 2 is 2.25 bits per heavy atom. The lowest BCUT2D eigenvalue weighted by Crippen LogP contribution is -2.35. The number of aliphatic hydroxyl groups excluding tert-OH is 1. The quantitative estimate of drug-likeness (QED) is 0.675. The van der Waals surface area contributed by atoms with E-state index in [-0.39, 0.29) is 11.9 Å². The van der Waals surface area contributed by atoms with Gasteiger partial charge in [-0.25, -0.2) is 13.1 Å². The molecule has 1 saturated heterocycles. The highest BCUT2D eigenvalue weighted by Gasteiger charge is 2.25. The molecule has 0 aliphatic carbocycles. The van der Waals surface area contributed by atoms with E-state index in [9.17, 15) is 13.5 Å². The van der Waals surface area contributed by atoms with Crippen molar-refractivity contribution in [1.29, 1.82) is 0 Å². The summed E-state index contributed by atoms with van der Waals surface area (Å²) >= 11 is 0. The summed E-state index contributed by atoms with van der Waals surface area (Å²) in [6, 6.07) is 0. The minimum Gasteiger partial charge on any atom is -0.393 e. The van der Waals surface area contributed by atoms with Crippen molar-refractivity contribution < 1.29 is 13.5 Å². The summed E-state index contributed by atoms with van der Waals surface area (Å²) in [5, 5.41) is 9.42. The highest BCUT2D eigenvalue weighted by atomic mass is 32.2. The van der Waals surface area contributed by atoms with Gasteiger partial charge in [-0.15, -0.1) is 0 Å². The van der Waals surface area contributed by atoms with Gasteiger partial charge in [0, 0.05) is 19.6 Å². The van der Waals surface area contributed by atoms with E-state index in [1.807, 2.05) is 6.92 Å². The fourth-order valence-corrected chi connectivity index (χ4v) is 2.53. The third kappa shape index (κ3) is 4.37. The second kappa shape index (κ2) is 5.95. The largest absolute Gasteiger partial charge is 0.393 e. The van der Waals surface area contributed by atoms with Gasteiger partial charge in [-0.3, -0.25) is 0 Å². The van der Waals surface area contributed by atoms with Crippen molar-refractivity contribution in [3.05, 3.63) is 0 Å². The number of aliphatic hydroxyl groups is 1. The average Bonchev–Trinajstić information content (AvgIpc) is 2.66. The topological polar surface area (TPSA) is 69.6 Å². The summed E-state index contributed by atoms with van der Waals surface area (Å²) in [6.45, 7) is 6.44. The maximum atomic E-state index is 11.2. The van der Waals surface area contributed by atoms with Gasteiger partial charge in [-0.2, -0.15) is 0 Å². The Kier molecular flexibility index (Phi) is 5.17. The molecule has 0 radical (unpaired) electrons. The number of hydrogen-bond donors (Lipinski definition) is 2. The smallest absolute Gasteiger partial charge is 0.211 e. The minimum atomic E-state index is -3.07. The van der Waals surface area contributed by atoms with Crippen molar-refractivity contribution >= 4 is 10.0 Å². The van der Waals surface area contributed by atoms with Crippen molar-refractivity contribution in [3.8, 4) is 0 Å². The number of hydrogen-bond acceptors (Lipinski definition) is 4. The molecule has 2 atom stereocenters. The molecular weight excluding hydrogens is 228 g/mol. The molecule has 1 rings (SSSR count). The Hall–Kier alpha value is -0.170.